The van der Waals surface area contributed by atoms with E-state index in [0.717, 1.165) is 7.11 Å². The number of H-pyrrole nitrogens is 1. The Bertz CT molecular complexity index is 1940. The summed E-state index contributed by atoms with van der Waals surface area (Å²) in [6, 6.07) is -1.26. The van der Waals surface area contributed by atoms with Crippen LogP contribution >= 0.6 is 11.8 Å². The van der Waals surface area contributed by atoms with Crippen molar-refractivity contribution in [1.29, 1.82) is 0 Å². The van der Waals surface area contributed by atoms with Crippen molar-refractivity contribution in [2.24, 2.45) is 0 Å². The second-order valence-electron chi connectivity index (χ2n) is 6.35. The van der Waals surface area contributed by atoms with E-state index in [0.29, 0.717) is 10.7 Å². The van der Waals surface area contributed by atoms with Crippen molar-refractivity contribution < 1.29 is 36.2 Å². The van der Waals surface area contributed by atoms with Crippen molar-refractivity contribution >= 4 is 17.7 Å². The minimum atomic E-state index is -3.62. The van der Waals surface area contributed by atoms with Gasteiger partial charge in [-0.15, -0.1) is 0 Å². The fourth-order valence-electron chi connectivity index (χ4n) is 2.67. The predicted octanol–water partition coefficient (Wildman–Crippen LogP) is 5.67. The summed E-state index contributed by atoms with van der Waals surface area (Å²) in [5.74, 6) is -1.61. The van der Waals surface area contributed by atoms with Crippen LogP contribution in [-0.4, -0.2) is 41.8 Å². The summed E-state index contributed by atoms with van der Waals surface area (Å²) in [6.07, 6.45) is 0. The standard InChI is InChI=1S/C27H27N3O3S/c1-18(17-28-26(31)21-7-5-4-6-8-21)34-27-29-24(19-9-13-22(32-2)14-10-19)25(30-27)20-11-15-23(33-3)16-12-20/h4-16,18H,17H2,1-3H3,(H,28,31)(H,29,30)/i1T3,4T,5T,6T,7T,8T,9T,10T,13T,14T,17T2,18T/hT. The first-order chi connectivity index (χ1) is 23.1. The van der Waals surface area contributed by atoms with E-state index in [2.05, 4.69) is 4.98 Å². The molecule has 6 nitrogen and oxygen atoms in total. The summed E-state index contributed by atoms with van der Waals surface area (Å²) in [5, 5.41) is -2.47. The van der Waals surface area contributed by atoms with E-state index in [1.165, 1.54) is 31.4 Å². The minimum absolute atomic E-state index is 0.139. The quantitative estimate of drug-likeness (QED) is 0.287. The number of aromatic nitrogens is 2. The molecule has 34 heavy (non-hydrogen) atoms. The van der Waals surface area contributed by atoms with Crippen LogP contribution in [-0.2, 0) is 0 Å². The van der Waals surface area contributed by atoms with Crippen molar-refractivity contribution in [2.45, 2.75) is 17.2 Å². The highest BCUT2D eigenvalue weighted by Crippen LogP contribution is 2.35. The van der Waals surface area contributed by atoms with Crippen LogP contribution in [0.5, 0.6) is 11.5 Å². The first kappa shape index (κ1) is 10.7. The third kappa shape index (κ3) is 5.61. The molecule has 0 fully saturated rings. The van der Waals surface area contributed by atoms with Crippen molar-refractivity contribution in [3.8, 4) is 34.0 Å². The van der Waals surface area contributed by atoms with Crippen molar-refractivity contribution in [3.63, 3.8) is 0 Å². The van der Waals surface area contributed by atoms with Crippen LogP contribution in [0.2, 0.25) is 1.41 Å². The van der Waals surface area contributed by atoms with Crippen molar-refractivity contribution in [3.05, 3.63) is 84.2 Å². The zero-order chi connectivity index (χ0) is 37.8. The molecule has 0 aliphatic heterocycles. The third-order valence-electron chi connectivity index (χ3n) is 4.26. The van der Waals surface area contributed by atoms with Gasteiger partial charge >= 0.3 is 0 Å². The lowest BCUT2D eigenvalue weighted by molar-refractivity contribution is 0.0954. The number of imidazole rings is 1. The van der Waals surface area contributed by atoms with E-state index in [1.54, 1.807) is 5.32 Å². The number of carbonyl (C=O) groups is 1. The molecule has 1 atom stereocenters. The maximum Gasteiger partial charge on any atom is 0.251 e. The van der Waals surface area contributed by atoms with Gasteiger partial charge in [-0.05, 0) is 60.5 Å². The molecular formula is C27H27N3O3S. The largest absolute Gasteiger partial charge is 0.497 e. The molecule has 7 heteroatoms. The minimum Gasteiger partial charge on any atom is -0.497 e. The van der Waals surface area contributed by atoms with Crippen molar-refractivity contribution in [2.75, 3.05) is 20.7 Å². The Labute approximate surface area is 226 Å². The Balaban J connectivity index is 1.95. The molecule has 0 saturated heterocycles. The molecule has 1 heterocycles. The average molecular weight is 506 g/mol. The Morgan fingerprint density at radius 2 is 1.82 bits per heavy atom. The van der Waals surface area contributed by atoms with Gasteiger partial charge in [0.2, 0.25) is 0 Å². The smallest absolute Gasteiger partial charge is 0.251 e. The molecule has 4 rings (SSSR count). The van der Waals surface area contributed by atoms with Gasteiger partial charge in [0.15, 0.2) is 6.57 Å². The van der Waals surface area contributed by atoms with Gasteiger partial charge < -0.3 is 19.8 Å². The summed E-state index contributed by atoms with van der Waals surface area (Å²) < 4.78 is 143. The van der Waals surface area contributed by atoms with E-state index in [4.69, 9.17) is 31.4 Å². The number of carbonyl (C=O) groups excluding carboxylic acids is 1. The number of nitrogens with zero attached hydrogens (tertiary/aromatic N) is 1. The van der Waals surface area contributed by atoms with Gasteiger partial charge in [0.05, 0.1) is 40.7 Å². The summed E-state index contributed by atoms with van der Waals surface area (Å²) in [5.41, 5.74) is -1.83. The normalized spacial score (nSPS) is 20.1. The van der Waals surface area contributed by atoms with E-state index < -0.39 is 107 Å². The number of benzene rings is 3. The van der Waals surface area contributed by atoms with Gasteiger partial charge in [0.1, 0.15) is 11.5 Å². The molecule has 0 spiro atoms. The summed E-state index contributed by atoms with van der Waals surface area (Å²) >= 11 is -0.139. The maximum absolute atomic E-state index is 13.2. The maximum atomic E-state index is 13.2. The SMILES string of the molecule is [3H]c1c([3H])c([3H])c(C(=O)NC([3H])([3H])C([3H])(Sc2nc(-c3ccc(OC)cc3)c(-c3c([3H])c([3H])c(OC)c([3H])c3[3H])n2[3H])C([3H])([3H])[3H])c([3H])c1[3H]. The summed E-state index contributed by atoms with van der Waals surface area (Å²) in [4.78, 5) is 18.0. The highest BCUT2D eigenvalue weighted by molar-refractivity contribution is 7.99. The van der Waals surface area contributed by atoms with Gasteiger partial charge in [-0.1, -0.05) is 36.7 Å². The zero-order valence-corrected chi connectivity index (χ0v) is 18.7. The topological polar surface area (TPSA) is 76.2 Å². The lowest BCUT2D eigenvalue weighted by atomic mass is 10.0. The molecule has 3 aromatic carbocycles. The van der Waals surface area contributed by atoms with Crippen LogP contribution in [0.1, 0.15) is 37.8 Å². The van der Waals surface area contributed by atoms with E-state index >= 15 is 0 Å². The Morgan fingerprint density at radius 1 is 1.12 bits per heavy atom. The van der Waals surface area contributed by atoms with Crippen LogP contribution in [0.3, 0.4) is 0 Å². The average Bonchev–Trinajstić information content (AvgIpc) is 3.36. The van der Waals surface area contributed by atoms with Gasteiger partial charge in [-0.3, -0.25) is 4.79 Å². The molecule has 0 aliphatic carbocycles. The highest BCUT2D eigenvalue weighted by Gasteiger charge is 2.17. The van der Waals surface area contributed by atoms with E-state index in [9.17, 15) is 4.79 Å². The zero-order valence-electron chi connectivity index (χ0n) is 33.8. The summed E-state index contributed by atoms with van der Waals surface area (Å²) in [6.45, 7) is -7.22. The molecule has 174 valence electrons. The van der Waals surface area contributed by atoms with Crippen LogP contribution in [0, 0.1) is 0 Å². The van der Waals surface area contributed by atoms with Gasteiger partial charge in [-0.25, -0.2) is 4.98 Å². The Morgan fingerprint density at radius 3 is 2.47 bits per heavy atom. The van der Waals surface area contributed by atoms with Gasteiger partial charge in [0.25, 0.3) is 5.91 Å². The number of rotatable bonds is 9. The number of aromatic amines is 1. The molecular weight excluding hydrogens is 446 g/mol. The Hall–Kier alpha value is -3.71. The summed E-state index contributed by atoms with van der Waals surface area (Å²) in [7, 11) is 2.55. The van der Waals surface area contributed by atoms with Crippen LogP contribution in [0.25, 0.3) is 22.5 Å². The number of ether oxygens (including phenoxy) is 2. The van der Waals surface area contributed by atoms with Crippen LogP contribution < -0.4 is 14.8 Å². The van der Waals surface area contributed by atoms with E-state index in [1.807, 2.05) is 0 Å². The highest BCUT2D eigenvalue weighted by atomic mass is 32.2. The van der Waals surface area contributed by atoms with Gasteiger partial charge in [0, 0.05) is 33.9 Å². The van der Waals surface area contributed by atoms with Crippen LogP contribution in [0.4, 0.5) is 0 Å². The Kier molecular flexibility index (Phi) is 3.44. The monoisotopic (exact) mass is 505 g/mol. The van der Waals surface area contributed by atoms with Crippen molar-refractivity contribution in [1.82, 2.24) is 15.3 Å². The molecule has 0 saturated carbocycles. The molecule has 1 amide bonds. The molecule has 0 bridgehead atoms. The third-order valence-corrected chi connectivity index (χ3v) is 4.93. The molecule has 1 aromatic heterocycles. The number of nitrogens with one attached hydrogen (secondary N) is 2. The van der Waals surface area contributed by atoms with Crippen LogP contribution in [0.15, 0.2) is 83.8 Å². The first-order valence-electron chi connectivity index (χ1n) is 17.5. The number of amides is 1. The fraction of sp³-hybridized carbons (Fsp3) is 0.185. The fourth-order valence-corrected chi connectivity index (χ4v) is 3.23. The second-order valence-corrected chi connectivity index (χ2v) is 7.33. The predicted molar refractivity (Wildman–Crippen MR) is 137 cm³/mol. The molecule has 0 radical (unpaired) electrons. The lowest BCUT2D eigenvalue weighted by Crippen LogP contribution is -2.29. The number of thioether (sulfide) groups is 1. The number of hydrogen-bond acceptors (Lipinski definition) is 5. The lowest BCUT2D eigenvalue weighted by Gasteiger charge is -2.11. The second kappa shape index (κ2) is 10.9. The molecule has 1 unspecified atom stereocenters. The first-order valence-corrected chi connectivity index (χ1v) is 10.4. The molecule has 2 N–H and O–H groups in total. The van der Waals surface area contributed by atoms with E-state index in [-0.39, 0.29) is 23.0 Å². The molecule has 4 aromatic rings. The van der Waals surface area contributed by atoms with Gasteiger partial charge in [-0.2, -0.15) is 0 Å². The molecule has 0 aliphatic rings. The number of methoxy groups -OCH3 is 2. The number of hydrogen-bond donors (Lipinski definition) is 2.